The minimum atomic E-state index is 0.0410. The molecule has 0 radical (unpaired) electrons. The largest absolute Gasteiger partial charge is 0.383 e. The third-order valence-corrected chi connectivity index (χ3v) is 3.01. The fourth-order valence-corrected chi connectivity index (χ4v) is 2.12. The first-order chi connectivity index (χ1) is 9.10. The summed E-state index contributed by atoms with van der Waals surface area (Å²) in [6.07, 6.45) is 1.86. The predicted molar refractivity (Wildman–Crippen MR) is 76.6 cm³/mol. The number of halogens is 1. The third kappa shape index (κ3) is 5.10. The summed E-state index contributed by atoms with van der Waals surface area (Å²) in [4.78, 5) is 0. The molecule has 0 fully saturated rings. The van der Waals surface area contributed by atoms with Crippen molar-refractivity contribution in [3.8, 4) is 0 Å². The molecule has 1 aromatic heterocycles. The summed E-state index contributed by atoms with van der Waals surface area (Å²) in [7, 11) is 1.68. The molecule has 1 unspecified atom stereocenters. The average molecular weight is 290 g/mol. The molecule has 1 N–H and O–H groups in total. The third-order valence-electron chi connectivity index (χ3n) is 2.72. The zero-order valence-electron chi connectivity index (χ0n) is 12.1. The Labute approximate surface area is 120 Å². The summed E-state index contributed by atoms with van der Waals surface area (Å²) in [5.41, 5.74) is 0.959. The van der Waals surface area contributed by atoms with Crippen LogP contribution in [0.15, 0.2) is 6.20 Å². The number of ether oxygens (including phenoxy) is 2. The van der Waals surface area contributed by atoms with Crippen LogP contribution in [0.25, 0.3) is 0 Å². The number of rotatable bonds is 9. The van der Waals surface area contributed by atoms with Gasteiger partial charge in [0.15, 0.2) is 0 Å². The van der Waals surface area contributed by atoms with Crippen molar-refractivity contribution in [2.24, 2.45) is 0 Å². The Bertz CT molecular complexity index is 369. The predicted octanol–water partition coefficient (Wildman–Crippen LogP) is 2.26. The van der Waals surface area contributed by atoms with Gasteiger partial charge >= 0.3 is 0 Å². The summed E-state index contributed by atoms with van der Waals surface area (Å²) in [5, 5.41) is 8.34. The lowest BCUT2D eigenvalue weighted by atomic mass is 10.2. The first kappa shape index (κ1) is 16.4. The second-order valence-corrected chi connectivity index (χ2v) is 4.99. The van der Waals surface area contributed by atoms with Crippen LogP contribution in [0, 0.1) is 0 Å². The molecule has 1 heterocycles. The van der Waals surface area contributed by atoms with Crippen molar-refractivity contribution < 1.29 is 9.47 Å². The van der Waals surface area contributed by atoms with Crippen LogP contribution in [-0.2, 0) is 16.0 Å². The Morgan fingerprint density at radius 1 is 1.47 bits per heavy atom. The number of nitrogens with one attached hydrogen (secondary N) is 1. The van der Waals surface area contributed by atoms with Gasteiger partial charge in [0.2, 0.25) is 0 Å². The highest BCUT2D eigenvalue weighted by molar-refractivity contribution is 6.31. The SMILES string of the molecule is CCNC(COC(C)C)c1c(Cl)cnn1CCOC. The fourth-order valence-electron chi connectivity index (χ4n) is 1.84. The molecule has 0 aliphatic carbocycles. The number of methoxy groups -OCH3 is 1. The first-order valence-corrected chi connectivity index (χ1v) is 7.03. The summed E-state index contributed by atoms with van der Waals surface area (Å²) < 4.78 is 12.7. The standard InChI is InChI=1S/C13H24ClN3O2/c1-5-15-12(9-19-10(2)3)13-11(14)8-16-17(13)6-7-18-4/h8,10,12,15H,5-7,9H2,1-4H3. The van der Waals surface area contributed by atoms with Crippen molar-refractivity contribution in [1.29, 1.82) is 0 Å². The van der Waals surface area contributed by atoms with Gasteiger partial charge in [-0.15, -0.1) is 0 Å². The Morgan fingerprint density at radius 3 is 2.79 bits per heavy atom. The Kier molecular flexibility index (Phi) is 7.38. The van der Waals surface area contributed by atoms with Gasteiger partial charge in [0, 0.05) is 7.11 Å². The zero-order chi connectivity index (χ0) is 14.3. The molecular formula is C13H24ClN3O2. The molecule has 1 atom stereocenters. The molecule has 1 aromatic rings. The van der Waals surface area contributed by atoms with Crippen LogP contribution < -0.4 is 5.32 Å². The van der Waals surface area contributed by atoms with Gasteiger partial charge in [-0.05, 0) is 20.4 Å². The molecule has 0 aromatic carbocycles. The van der Waals surface area contributed by atoms with E-state index in [2.05, 4.69) is 17.3 Å². The topological polar surface area (TPSA) is 48.3 Å². The second-order valence-electron chi connectivity index (χ2n) is 4.59. The highest BCUT2D eigenvalue weighted by Crippen LogP contribution is 2.23. The van der Waals surface area contributed by atoms with Gasteiger partial charge < -0.3 is 14.8 Å². The minimum absolute atomic E-state index is 0.0410. The van der Waals surface area contributed by atoms with Crippen molar-refractivity contribution in [1.82, 2.24) is 15.1 Å². The summed E-state index contributed by atoms with van der Waals surface area (Å²) in [6, 6.07) is 0.0410. The minimum Gasteiger partial charge on any atom is -0.383 e. The van der Waals surface area contributed by atoms with Crippen molar-refractivity contribution in [2.45, 2.75) is 39.5 Å². The van der Waals surface area contributed by atoms with Crippen molar-refractivity contribution in [3.05, 3.63) is 16.9 Å². The molecule has 0 saturated carbocycles. The van der Waals surface area contributed by atoms with Gasteiger partial charge in [-0.1, -0.05) is 18.5 Å². The summed E-state index contributed by atoms with van der Waals surface area (Å²) in [5.74, 6) is 0. The Balaban J connectivity index is 2.83. The number of likely N-dealkylation sites (N-methyl/N-ethyl adjacent to an activating group) is 1. The lowest BCUT2D eigenvalue weighted by Gasteiger charge is -2.21. The Hall–Kier alpha value is -0.620. The smallest absolute Gasteiger partial charge is 0.0835 e. The molecule has 1 rings (SSSR count). The van der Waals surface area contributed by atoms with E-state index < -0.39 is 0 Å². The number of nitrogens with zero attached hydrogens (tertiary/aromatic N) is 2. The maximum absolute atomic E-state index is 6.25. The van der Waals surface area contributed by atoms with Crippen LogP contribution in [-0.4, -0.2) is 42.8 Å². The molecule has 0 spiro atoms. The maximum atomic E-state index is 6.25. The zero-order valence-corrected chi connectivity index (χ0v) is 12.9. The molecule has 0 saturated heterocycles. The van der Waals surface area contributed by atoms with Crippen LogP contribution in [0.5, 0.6) is 0 Å². The van der Waals surface area contributed by atoms with E-state index in [0.717, 1.165) is 12.2 Å². The van der Waals surface area contributed by atoms with Crippen molar-refractivity contribution in [3.63, 3.8) is 0 Å². The van der Waals surface area contributed by atoms with E-state index in [1.54, 1.807) is 13.3 Å². The maximum Gasteiger partial charge on any atom is 0.0835 e. The fraction of sp³-hybridized carbons (Fsp3) is 0.769. The van der Waals surface area contributed by atoms with Crippen LogP contribution in [0.1, 0.15) is 32.5 Å². The molecule has 5 nitrogen and oxygen atoms in total. The normalized spacial score (nSPS) is 13.2. The quantitative estimate of drug-likeness (QED) is 0.757. The number of hydrogen-bond acceptors (Lipinski definition) is 4. The highest BCUT2D eigenvalue weighted by atomic mass is 35.5. The van der Waals surface area contributed by atoms with E-state index in [4.69, 9.17) is 21.1 Å². The van der Waals surface area contributed by atoms with Crippen molar-refractivity contribution >= 4 is 11.6 Å². The number of hydrogen-bond donors (Lipinski definition) is 1. The van der Waals surface area contributed by atoms with E-state index in [-0.39, 0.29) is 12.1 Å². The lowest BCUT2D eigenvalue weighted by Crippen LogP contribution is -2.29. The Morgan fingerprint density at radius 2 is 2.21 bits per heavy atom. The van der Waals surface area contributed by atoms with E-state index in [1.807, 2.05) is 18.5 Å². The summed E-state index contributed by atoms with van der Waals surface area (Å²) >= 11 is 6.25. The first-order valence-electron chi connectivity index (χ1n) is 6.65. The molecule has 19 heavy (non-hydrogen) atoms. The summed E-state index contributed by atoms with van der Waals surface area (Å²) in [6.45, 7) is 8.81. The molecular weight excluding hydrogens is 266 g/mol. The van der Waals surface area contributed by atoms with E-state index >= 15 is 0 Å². The van der Waals surface area contributed by atoms with E-state index in [1.165, 1.54) is 0 Å². The van der Waals surface area contributed by atoms with Gasteiger partial charge in [0.25, 0.3) is 0 Å². The van der Waals surface area contributed by atoms with Crippen LogP contribution in [0.2, 0.25) is 5.02 Å². The van der Waals surface area contributed by atoms with Gasteiger partial charge in [0.1, 0.15) is 0 Å². The molecule has 0 aliphatic heterocycles. The molecule has 0 aliphatic rings. The van der Waals surface area contributed by atoms with Gasteiger partial charge in [0.05, 0.1) is 48.8 Å². The molecule has 6 heteroatoms. The van der Waals surface area contributed by atoms with E-state index in [9.17, 15) is 0 Å². The highest BCUT2D eigenvalue weighted by Gasteiger charge is 2.20. The van der Waals surface area contributed by atoms with Gasteiger partial charge in [-0.2, -0.15) is 5.10 Å². The molecule has 110 valence electrons. The van der Waals surface area contributed by atoms with E-state index in [0.29, 0.717) is 24.8 Å². The molecule has 0 bridgehead atoms. The second kappa shape index (κ2) is 8.53. The molecule has 0 amide bonds. The van der Waals surface area contributed by atoms with Gasteiger partial charge in [-0.25, -0.2) is 0 Å². The number of aromatic nitrogens is 2. The van der Waals surface area contributed by atoms with Crippen LogP contribution in [0.4, 0.5) is 0 Å². The van der Waals surface area contributed by atoms with Gasteiger partial charge in [-0.3, -0.25) is 4.68 Å². The lowest BCUT2D eigenvalue weighted by molar-refractivity contribution is 0.0593. The van der Waals surface area contributed by atoms with Crippen LogP contribution >= 0.6 is 11.6 Å². The van der Waals surface area contributed by atoms with Crippen molar-refractivity contribution in [2.75, 3.05) is 26.9 Å². The average Bonchev–Trinajstić information content (AvgIpc) is 2.73. The monoisotopic (exact) mass is 289 g/mol. The van der Waals surface area contributed by atoms with Crippen LogP contribution in [0.3, 0.4) is 0 Å².